The number of hydrogen-bond acceptors (Lipinski definition) is 9. The zero-order valence-corrected chi connectivity index (χ0v) is 19.4. The molecule has 1 N–H and O–H groups in total. The zero-order chi connectivity index (χ0) is 24.2. The second-order valence-electron chi connectivity index (χ2n) is 7.73. The van der Waals surface area contributed by atoms with Gasteiger partial charge in [0.15, 0.2) is 0 Å². The maximum absolute atomic E-state index is 12.1. The van der Waals surface area contributed by atoms with Crippen LogP contribution in [0.1, 0.15) is 44.2 Å². The first-order valence-corrected chi connectivity index (χ1v) is 11.1. The second-order valence-corrected chi connectivity index (χ2v) is 7.73. The van der Waals surface area contributed by atoms with Gasteiger partial charge < -0.3 is 24.3 Å². The van der Waals surface area contributed by atoms with Crippen molar-refractivity contribution in [3.8, 4) is 0 Å². The summed E-state index contributed by atoms with van der Waals surface area (Å²) in [5.41, 5.74) is 3.42. The van der Waals surface area contributed by atoms with E-state index < -0.39 is 12.3 Å². The van der Waals surface area contributed by atoms with Gasteiger partial charge in [0.2, 0.25) is 0 Å². The average molecular weight is 468 g/mol. The predicted octanol–water partition coefficient (Wildman–Crippen LogP) is 4.80. The van der Waals surface area contributed by atoms with Crippen LogP contribution in [0.4, 0.5) is 9.59 Å². The van der Waals surface area contributed by atoms with Gasteiger partial charge in [-0.15, -0.1) is 0 Å². The Morgan fingerprint density at radius 1 is 0.824 bits per heavy atom. The van der Waals surface area contributed by atoms with E-state index in [0.29, 0.717) is 35.8 Å². The molecule has 9 nitrogen and oxygen atoms in total. The Morgan fingerprint density at radius 2 is 1.29 bits per heavy atom. The summed E-state index contributed by atoms with van der Waals surface area (Å²) in [4.78, 5) is 32.3. The maximum atomic E-state index is 12.1. The van der Waals surface area contributed by atoms with Gasteiger partial charge in [0.25, 0.3) is 0 Å². The highest BCUT2D eigenvalue weighted by atomic mass is 16.7. The van der Waals surface area contributed by atoms with Gasteiger partial charge in [0.05, 0.1) is 31.0 Å². The van der Waals surface area contributed by atoms with E-state index in [-0.39, 0.29) is 19.6 Å². The molecule has 0 aromatic carbocycles. The fourth-order valence-electron chi connectivity index (χ4n) is 3.27. The third-order valence-corrected chi connectivity index (χ3v) is 5.05. The number of nitrogens with one attached hydrogen (secondary N) is 1. The molecule has 0 radical (unpaired) electrons. The molecule has 0 atom stereocenters. The molecular weight excluding hydrogens is 438 g/mol. The monoisotopic (exact) mass is 467 g/mol. The van der Waals surface area contributed by atoms with Gasteiger partial charge in [-0.05, 0) is 62.8 Å². The van der Waals surface area contributed by atoms with Crippen molar-refractivity contribution in [2.24, 2.45) is 0 Å². The fourth-order valence-corrected chi connectivity index (χ4v) is 3.27. The molecule has 1 aliphatic rings. The van der Waals surface area contributed by atoms with Crippen molar-refractivity contribution in [3.05, 3.63) is 83.1 Å². The topological polar surface area (TPSA) is 109 Å². The number of carbonyl (C=O) groups is 2. The molecule has 0 saturated heterocycles. The van der Waals surface area contributed by atoms with Crippen molar-refractivity contribution < 1.29 is 28.5 Å². The summed E-state index contributed by atoms with van der Waals surface area (Å²) in [7, 11) is 0. The van der Waals surface area contributed by atoms with E-state index >= 15 is 0 Å². The highest BCUT2D eigenvalue weighted by Gasteiger charge is 2.23. The number of aryl methyl sites for hydroxylation is 2. The molecule has 34 heavy (non-hydrogen) atoms. The Bertz CT molecular complexity index is 940. The maximum Gasteiger partial charge on any atom is 0.513 e. The van der Waals surface area contributed by atoms with Gasteiger partial charge in [0, 0.05) is 24.8 Å². The van der Waals surface area contributed by atoms with Crippen LogP contribution in [-0.4, -0.2) is 35.5 Å². The van der Waals surface area contributed by atoms with Gasteiger partial charge in [-0.2, -0.15) is 0 Å². The molecule has 2 aromatic rings. The van der Waals surface area contributed by atoms with Crippen molar-refractivity contribution in [3.63, 3.8) is 0 Å². The van der Waals surface area contributed by atoms with Gasteiger partial charge in [-0.3, -0.25) is 9.97 Å². The van der Waals surface area contributed by atoms with E-state index in [1.54, 1.807) is 38.6 Å². The molecule has 9 heteroatoms. The standard InChI is InChI=1S/C25H29N3O6/c1-18-22(33-24(29)31-13-5-9-20-7-3-11-26-16-20)15-23(19(2)28-18)34-25(30)32-14-6-10-21-8-4-12-27-17-21/h3-4,7-8,11-12,16-17,28H,5-6,9-10,13-15H2,1-2H3. The Balaban J connectivity index is 1.37. The van der Waals surface area contributed by atoms with Crippen LogP contribution >= 0.6 is 0 Å². The summed E-state index contributed by atoms with van der Waals surface area (Å²) in [6.45, 7) is 3.97. The number of ether oxygens (including phenoxy) is 4. The molecule has 0 saturated carbocycles. The van der Waals surface area contributed by atoms with E-state index in [2.05, 4.69) is 15.3 Å². The first-order chi connectivity index (χ1) is 16.5. The normalized spacial score (nSPS) is 13.2. The van der Waals surface area contributed by atoms with Crippen LogP contribution in [0.5, 0.6) is 0 Å². The van der Waals surface area contributed by atoms with Crippen LogP contribution in [0.25, 0.3) is 0 Å². The molecule has 2 aromatic heterocycles. The zero-order valence-electron chi connectivity index (χ0n) is 19.4. The van der Waals surface area contributed by atoms with Crippen LogP contribution in [0.15, 0.2) is 72.0 Å². The minimum absolute atomic E-state index is 0.125. The molecule has 0 fully saturated rings. The summed E-state index contributed by atoms with van der Waals surface area (Å²) in [6.07, 6.45) is 8.29. The Morgan fingerprint density at radius 3 is 1.71 bits per heavy atom. The number of allylic oxidation sites excluding steroid dienone is 2. The predicted molar refractivity (Wildman–Crippen MR) is 123 cm³/mol. The molecular formula is C25H29N3O6. The lowest BCUT2D eigenvalue weighted by Gasteiger charge is -2.22. The highest BCUT2D eigenvalue weighted by Crippen LogP contribution is 2.25. The van der Waals surface area contributed by atoms with E-state index in [4.69, 9.17) is 18.9 Å². The molecule has 1 aliphatic heterocycles. The Kier molecular flexibility index (Phi) is 9.45. The lowest BCUT2D eigenvalue weighted by atomic mass is 10.1. The van der Waals surface area contributed by atoms with Gasteiger partial charge in [0.1, 0.15) is 11.5 Å². The first-order valence-electron chi connectivity index (χ1n) is 11.1. The van der Waals surface area contributed by atoms with Crippen molar-refractivity contribution >= 4 is 12.3 Å². The summed E-state index contributed by atoms with van der Waals surface area (Å²) in [6, 6.07) is 7.66. The van der Waals surface area contributed by atoms with E-state index in [0.717, 1.165) is 24.0 Å². The summed E-state index contributed by atoms with van der Waals surface area (Å²) in [5, 5.41) is 3.05. The second kappa shape index (κ2) is 13.0. The third kappa shape index (κ3) is 8.23. The molecule has 0 aliphatic carbocycles. The summed E-state index contributed by atoms with van der Waals surface area (Å²) >= 11 is 0. The largest absolute Gasteiger partial charge is 0.513 e. The average Bonchev–Trinajstić information content (AvgIpc) is 2.84. The number of dihydropyridines is 1. The van der Waals surface area contributed by atoms with Crippen LogP contribution in [-0.2, 0) is 31.8 Å². The molecule has 3 rings (SSSR count). The lowest BCUT2D eigenvalue weighted by molar-refractivity contribution is 0.0638. The number of hydrogen-bond donors (Lipinski definition) is 1. The van der Waals surface area contributed by atoms with Crippen molar-refractivity contribution in [1.29, 1.82) is 0 Å². The Labute approximate surface area is 198 Å². The van der Waals surface area contributed by atoms with Crippen molar-refractivity contribution in [2.45, 2.75) is 46.0 Å². The molecule has 180 valence electrons. The molecule has 0 bridgehead atoms. The quantitative estimate of drug-likeness (QED) is 0.389. The molecule has 3 heterocycles. The molecule has 0 spiro atoms. The summed E-state index contributed by atoms with van der Waals surface area (Å²) < 4.78 is 21.0. The van der Waals surface area contributed by atoms with Crippen molar-refractivity contribution in [1.82, 2.24) is 15.3 Å². The highest BCUT2D eigenvalue weighted by molar-refractivity contribution is 5.63. The number of rotatable bonds is 10. The number of carbonyl (C=O) groups excluding carboxylic acids is 2. The fraction of sp³-hybridized carbons (Fsp3) is 0.360. The Hall–Kier alpha value is -3.88. The van der Waals surface area contributed by atoms with E-state index in [9.17, 15) is 9.59 Å². The van der Waals surface area contributed by atoms with Gasteiger partial charge in [-0.1, -0.05) is 12.1 Å². The minimum Gasteiger partial charge on any atom is -0.434 e. The molecule has 0 unspecified atom stereocenters. The van der Waals surface area contributed by atoms with E-state index in [1.165, 1.54) is 0 Å². The lowest BCUT2D eigenvalue weighted by Crippen LogP contribution is -2.23. The number of nitrogens with zero attached hydrogens (tertiary/aromatic N) is 2. The van der Waals surface area contributed by atoms with E-state index in [1.807, 2.05) is 24.3 Å². The number of pyridine rings is 2. The first kappa shape index (κ1) is 24.8. The van der Waals surface area contributed by atoms with Crippen LogP contribution in [0, 0.1) is 0 Å². The van der Waals surface area contributed by atoms with Gasteiger partial charge in [-0.25, -0.2) is 9.59 Å². The third-order valence-electron chi connectivity index (χ3n) is 5.05. The van der Waals surface area contributed by atoms with Crippen LogP contribution in [0.2, 0.25) is 0 Å². The van der Waals surface area contributed by atoms with Crippen LogP contribution < -0.4 is 5.32 Å². The van der Waals surface area contributed by atoms with Crippen molar-refractivity contribution in [2.75, 3.05) is 13.2 Å². The minimum atomic E-state index is -0.806. The summed E-state index contributed by atoms with van der Waals surface area (Å²) in [5.74, 6) is 0.643. The smallest absolute Gasteiger partial charge is 0.434 e. The number of aromatic nitrogens is 2. The van der Waals surface area contributed by atoms with Gasteiger partial charge >= 0.3 is 12.3 Å². The SMILES string of the molecule is CC1=C(OC(=O)OCCCc2cccnc2)CC(OC(=O)OCCCc2cccnc2)=C(C)N1. The molecule has 0 amide bonds. The van der Waals surface area contributed by atoms with Crippen LogP contribution in [0.3, 0.4) is 0 Å².